The summed E-state index contributed by atoms with van der Waals surface area (Å²) < 4.78 is 4.71. The van der Waals surface area contributed by atoms with Gasteiger partial charge >= 0.3 is 5.97 Å². The number of benzene rings is 1. The number of nitrogens with one attached hydrogen (secondary N) is 2. The number of carbonyl (C=O) groups is 2. The maximum absolute atomic E-state index is 11.5. The van der Waals surface area contributed by atoms with Gasteiger partial charge in [0.15, 0.2) is 0 Å². The molecule has 0 aliphatic carbocycles. The average molecular weight is 271 g/mol. The lowest BCUT2D eigenvalue weighted by molar-refractivity contribution is -0.141. The molecule has 6 heteroatoms. The molecule has 0 saturated carbocycles. The Balaban J connectivity index is 2.30. The van der Waals surface area contributed by atoms with E-state index in [4.69, 9.17) is 16.3 Å². The zero-order chi connectivity index (χ0) is 13.4. The van der Waals surface area contributed by atoms with Gasteiger partial charge in [0.25, 0.3) is 0 Å². The van der Waals surface area contributed by atoms with E-state index < -0.39 is 0 Å². The van der Waals surface area contributed by atoms with Crippen LogP contribution in [0.4, 0.5) is 5.69 Å². The van der Waals surface area contributed by atoms with Gasteiger partial charge < -0.3 is 10.1 Å². The van der Waals surface area contributed by atoms with E-state index in [0.29, 0.717) is 17.3 Å². The predicted molar refractivity (Wildman–Crippen MR) is 69.6 cm³/mol. The molecule has 0 aliphatic rings. The maximum Gasteiger partial charge on any atom is 0.319 e. The molecule has 98 valence electrons. The van der Waals surface area contributed by atoms with Crippen LogP contribution >= 0.6 is 11.6 Å². The predicted octanol–water partition coefficient (Wildman–Crippen LogP) is 1.43. The number of hydrogen-bond acceptors (Lipinski definition) is 4. The lowest BCUT2D eigenvalue weighted by Crippen LogP contribution is -2.32. The van der Waals surface area contributed by atoms with Crippen molar-refractivity contribution >= 4 is 29.2 Å². The van der Waals surface area contributed by atoms with Crippen molar-refractivity contribution in [2.24, 2.45) is 0 Å². The van der Waals surface area contributed by atoms with Gasteiger partial charge in [0.05, 0.1) is 30.4 Å². The lowest BCUT2D eigenvalue weighted by atomic mass is 10.3. The summed E-state index contributed by atoms with van der Waals surface area (Å²) >= 11 is 5.88. The van der Waals surface area contributed by atoms with Crippen molar-refractivity contribution in [1.82, 2.24) is 5.32 Å². The molecular formula is C12H15ClN2O3. The molecule has 0 unspecified atom stereocenters. The van der Waals surface area contributed by atoms with Crippen LogP contribution in [0.3, 0.4) is 0 Å². The van der Waals surface area contributed by atoms with Crippen molar-refractivity contribution in [2.75, 3.05) is 25.0 Å². The fourth-order valence-corrected chi connectivity index (χ4v) is 1.43. The van der Waals surface area contributed by atoms with Gasteiger partial charge in [-0.2, -0.15) is 0 Å². The molecule has 0 aromatic heterocycles. The molecule has 1 amide bonds. The van der Waals surface area contributed by atoms with Crippen LogP contribution in [0.2, 0.25) is 5.02 Å². The van der Waals surface area contributed by atoms with Crippen molar-refractivity contribution in [3.63, 3.8) is 0 Å². The Morgan fingerprint density at radius 1 is 1.28 bits per heavy atom. The number of anilines is 1. The van der Waals surface area contributed by atoms with Crippen molar-refractivity contribution in [2.45, 2.75) is 6.92 Å². The zero-order valence-corrected chi connectivity index (χ0v) is 10.8. The summed E-state index contributed by atoms with van der Waals surface area (Å²) in [4.78, 5) is 22.5. The van der Waals surface area contributed by atoms with Gasteiger partial charge in [-0.3, -0.25) is 14.9 Å². The number of halogens is 1. The van der Waals surface area contributed by atoms with E-state index in [1.54, 1.807) is 31.2 Å². The second kappa shape index (κ2) is 7.68. The molecule has 0 aliphatic heterocycles. The summed E-state index contributed by atoms with van der Waals surface area (Å²) in [7, 11) is 0. The Morgan fingerprint density at radius 2 is 2.00 bits per heavy atom. The van der Waals surface area contributed by atoms with Crippen LogP contribution in [-0.2, 0) is 14.3 Å². The molecule has 0 heterocycles. The summed E-state index contributed by atoms with van der Waals surface area (Å²) in [6, 6.07) is 6.93. The Labute approximate surface area is 110 Å². The molecule has 0 spiro atoms. The second-order valence-electron chi connectivity index (χ2n) is 3.44. The summed E-state index contributed by atoms with van der Waals surface area (Å²) in [6.07, 6.45) is 0. The van der Waals surface area contributed by atoms with Crippen LogP contribution in [0.1, 0.15) is 6.92 Å². The number of rotatable bonds is 6. The molecule has 0 fully saturated rings. The molecule has 1 aromatic carbocycles. The van der Waals surface area contributed by atoms with E-state index in [9.17, 15) is 9.59 Å². The molecule has 1 rings (SSSR count). The maximum atomic E-state index is 11.5. The van der Waals surface area contributed by atoms with Crippen LogP contribution in [0.15, 0.2) is 24.3 Å². The quantitative estimate of drug-likeness (QED) is 0.768. The minimum Gasteiger partial charge on any atom is -0.465 e. The molecule has 2 N–H and O–H groups in total. The van der Waals surface area contributed by atoms with E-state index in [1.165, 1.54) is 0 Å². The van der Waals surface area contributed by atoms with E-state index in [0.717, 1.165) is 0 Å². The third-order valence-corrected chi connectivity index (χ3v) is 2.34. The first-order chi connectivity index (χ1) is 8.63. The summed E-state index contributed by atoms with van der Waals surface area (Å²) in [5.41, 5.74) is 0.544. The average Bonchev–Trinajstić information content (AvgIpc) is 2.32. The van der Waals surface area contributed by atoms with E-state index in [2.05, 4.69) is 10.6 Å². The monoisotopic (exact) mass is 270 g/mol. The molecule has 0 saturated heterocycles. The van der Waals surface area contributed by atoms with Gasteiger partial charge in [0, 0.05) is 0 Å². The second-order valence-corrected chi connectivity index (χ2v) is 3.84. The number of amides is 1. The van der Waals surface area contributed by atoms with Crippen molar-refractivity contribution in [1.29, 1.82) is 0 Å². The number of carbonyl (C=O) groups excluding carboxylic acids is 2. The number of hydrogen-bond donors (Lipinski definition) is 2. The van der Waals surface area contributed by atoms with Crippen molar-refractivity contribution in [3.8, 4) is 0 Å². The lowest BCUT2D eigenvalue weighted by Gasteiger charge is -2.07. The van der Waals surface area contributed by atoms with E-state index in [1.807, 2.05) is 0 Å². The zero-order valence-electron chi connectivity index (χ0n) is 10.0. The molecule has 0 bridgehead atoms. The Morgan fingerprint density at radius 3 is 2.67 bits per heavy atom. The first-order valence-electron chi connectivity index (χ1n) is 5.54. The summed E-state index contributed by atoms with van der Waals surface area (Å²) in [5, 5.41) is 5.78. The van der Waals surface area contributed by atoms with Crippen molar-refractivity contribution < 1.29 is 14.3 Å². The van der Waals surface area contributed by atoms with Gasteiger partial charge in [-0.15, -0.1) is 0 Å². The topological polar surface area (TPSA) is 67.4 Å². The Kier molecular flexibility index (Phi) is 6.18. The van der Waals surface area contributed by atoms with E-state index in [-0.39, 0.29) is 25.0 Å². The van der Waals surface area contributed by atoms with Crippen LogP contribution in [0, 0.1) is 0 Å². The van der Waals surface area contributed by atoms with Crippen molar-refractivity contribution in [3.05, 3.63) is 29.3 Å². The van der Waals surface area contributed by atoms with Gasteiger partial charge in [-0.25, -0.2) is 0 Å². The minimum atomic E-state index is -0.386. The Hall–Kier alpha value is -1.59. The standard InChI is InChI=1S/C12H15ClN2O3/c1-2-18-12(17)8-14-7-11(16)15-10-6-4-3-5-9(10)13/h3-6,14H,2,7-8H2,1H3,(H,15,16). The fraction of sp³-hybridized carbons (Fsp3) is 0.333. The fourth-order valence-electron chi connectivity index (χ4n) is 1.25. The largest absolute Gasteiger partial charge is 0.465 e. The highest BCUT2D eigenvalue weighted by atomic mass is 35.5. The smallest absolute Gasteiger partial charge is 0.319 e. The third kappa shape index (κ3) is 5.16. The highest BCUT2D eigenvalue weighted by Gasteiger charge is 2.06. The van der Waals surface area contributed by atoms with Crippen LogP contribution in [-0.4, -0.2) is 31.6 Å². The minimum absolute atomic E-state index is 0.00375. The van der Waals surface area contributed by atoms with Gasteiger partial charge in [0.1, 0.15) is 0 Å². The molecule has 0 radical (unpaired) electrons. The molecule has 1 aromatic rings. The summed E-state index contributed by atoms with van der Waals surface area (Å²) in [5.74, 6) is -0.657. The summed E-state index contributed by atoms with van der Waals surface area (Å²) in [6.45, 7) is 2.07. The third-order valence-electron chi connectivity index (χ3n) is 2.01. The van der Waals surface area contributed by atoms with Gasteiger partial charge in [-0.05, 0) is 19.1 Å². The number of ether oxygens (including phenoxy) is 1. The number of para-hydroxylation sites is 1. The number of esters is 1. The van der Waals surface area contributed by atoms with Crippen LogP contribution < -0.4 is 10.6 Å². The van der Waals surface area contributed by atoms with Crippen LogP contribution in [0.25, 0.3) is 0 Å². The molecule has 0 atom stereocenters. The highest BCUT2D eigenvalue weighted by molar-refractivity contribution is 6.33. The molecule has 18 heavy (non-hydrogen) atoms. The first kappa shape index (κ1) is 14.5. The van der Waals surface area contributed by atoms with Gasteiger partial charge in [0.2, 0.25) is 5.91 Å². The van der Waals surface area contributed by atoms with Gasteiger partial charge in [-0.1, -0.05) is 23.7 Å². The first-order valence-corrected chi connectivity index (χ1v) is 5.92. The highest BCUT2D eigenvalue weighted by Crippen LogP contribution is 2.19. The normalized spacial score (nSPS) is 9.89. The van der Waals surface area contributed by atoms with Crippen LogP contribution in [0.5, 0.6) is 0 Å². The molecular weight excluding hydrogens is 256 g/mol. The molecule has 5 nitrogen and oxygen atoms in total. The SMILES string of the molecule is CCOC(=O)CNCC(=O)Nc1ccccc1Cl. The Bertz CT molecular complexity index is 424. The van der Waals surface area contributed by atoms with E-state index >= 15 is 0 Å².